The summed E-state index contributed by atoms with van der Waals surface area (Å²) in [7, 11) is 0. The van der Waals surface area contributed by atoms with Crippen molar-refractivity contribution >= 4 is 34.9 Å². The highest BCUT2D eigenvalue weighted by atomic mass is 35.5. The third-order valence-corrected chi connectivity index (χ3v) is 5.28. The Bertz CT molecular complexity index is 720. The summed E-state index contributed by atoms with van der Waals surface area (Å²) in [6.07, 6.45) is 3.73. The number of hydrogen-bond acceptors (Lipinski definition) is 2. The van der Waals surface area contributed by atoms with Crippen LogP contribution in [0.25, 0.3) is 6.08 Å². The minimum absolute atomic E-state index is 0.0447. The zero-order valence-electron chi connectivity index (χ0n) is 12.1. The molecule has 2 nitrogen and oxygen atoms in total. The first kappa shape index (κ1) is 15.3. The highest BCUT2D eigenvalue weighted by Crippen LogP contribution is 2.33. The first-order valence-corrected chi connectivity index (χ1v) is 8.32. The van der Waals surface area contributed by atoms with Crippen molar-refractivity contribution in [1.29, 1.82) is 0 Å². The maximum atomic E-state index is 13.7. The van der Waals surface area contributed by atoms with Gasteiger partial charge in [-0.1, -0.05) is 17.7 Å². The van der Waals surface area contributed by atoms with Crippen molar-refractivity contribution in [2.75, 3.05) is 6.54 Å². The molecule has 22 heavy (non-hydrogen) atoms. The summed E-state index contributed by atoms with van der Waals surface area (Å²) in [6.45, 7) is 2.70. The average Bonchev–Trinajstić information content (AvgIpc) is 2.96. The Balaban J connectivity index is 1.79. The van der Waals surface area contributed by atoms with Crippen molar-refractivity contribution in [1.82, 2.24) is 4.90 Å². The van der Waals surface area contributed by atoms with Crippen molar-refractivity contribution in [2.24, 2.45) is 0 Å². The van der Waals surface area contributed by atoms with Crippen molar-refractivity contribution < 1.29 is 9.18 Å². The Kier molecular flexibility index (Phi) is 4.32. The summed E-state index contributed by atoms with van der Waals surface area (Å²) < 4.78 is 13.7. The third kappa shape index (κ3) is 2.81. The minimum Gasteiger partial charge on any atom is -0.332 e. The van der Waals surface area contributed by atoms with Gasteiger partial charge in [0, 0.05) is 23.1 Å². The molecule has 114 valence electrons. The van der Waals surface area contributed by atoms with Crippen LogP contribution in [0.15, 0.2) is 35.7 Å². The number of thiophene rings is 1. The summed E-state index contributed by atoms with van der Waals surface area (Å²) in [5, 5.41) is 2.36. The maximum Gasteiger partial charge on any atom is 0.247 e. The van der Waals surface area contributed by atoms with Gasteiger partial charge in [0.05, 0.1) is 11.1 Å². The van der Waals surface area contributed by atoms with Crippen molar-refractivity contribution in [3.8, 4) is 0 Å². The molecule has 0 unspecified atom stereocenters. The van der Waals surface area contributed by atoms with Crippen LogP contribution in [0.3, 0.4) is 0 Å². The Morgan fingerprint density at radius 3 is 3.05 bits per heavy atom. The molecule has 1 aliphatic heterocycles. The molecular weight excluding hydrogens is 321 g/mol. The van der Waals surface area contributed by atoms with E-state index in [2.05, 4.69) is 11.4 Å². The molecule has 0 N–H and O–H groups in total. The highest BCUT2D eigenvalue weighted by molar-refractivity contribution is 7.10. The molecule has 1 aliphatic rings. The van der Waals surface area contributed by atoms with Gasteiger partial charge >= 0.3 is 0 Å². The van der Waals surface area contributed by atoms with Crippen LogP contribution in [0.2, 0.25) is 5.02 Å². The Hall–Kier alpha value is -1.65. The fraction of sp³-hybridized carbons (Fsp3) is 0.235. The van der Waals surface area contributed by atoms with E-state index in [1.165, 1.54) is 28.7 Å². The normalized spacial score (nSPS) is 17.8. The Morgan fingerprint density at radius 2 is 2.27 bits per heavy atom. The molecule has 0 radical (unpaired) electrons. The second-order valence-electron chi connectivity index (χ2n) is 5.23. The quantitative estimate of drug-likeness (QED) is 0.728. The van der Waals surface area contributed by atoms with Gasteiger partial charge in [-0.2, -0.15) is 0 Å². The monoisotopic (exact) mass is 335 g/mol. The van der Waals surface area contributed by atoms with E-state index in [1.807, 2.05) is 6.92 Å². The predicted molar refractivity (Wildman–Crippen MR) is 88.6 cm³/mol. The van der Waals surface area contributed by atoms with E-state index in [0.29, 0.717) is 11.6 Å². The van der Waals surface area contributed by atoms with Crippen LogP contribution in [0.1, 0.15) is 29.0 Å². The topological polar surface area (TPSA) is 20.3 Å². The third-order valence-electron chi connectivity index (χ3n) is 3.95. The van der Waals surface area contributed by atoms with Gasteiger partial charge in [0.25, 0.3) is 0 Å². The molecular formula is C17H15ClFNOS. The van der Waals surface area contributed by atoms with Crippen LogP contribution >= 0.6 is 22.9 Å². The van der Waals surface area contributed by atoms with Gasteiger partial charge in [0.1, 0.15) is 5.82 Å². The molecule has 0 saturated heterocycles. The molecule has 1 atom stereocenters. The van der Waals surface area contributed by atoms with Gasteiger partial charge in [-0.05, 0) is 48.6 Å². The number of hydrogen-bond donors (Lipinski definition) is 0. The average molecular weight is 336 g/mol. The molecule has 0 aliphatic carbocycles. The van der Waals surface area contributed by atoms with Gasteiger partial charge in [0.2, 0.25) is 5.91 Å². The summed E-state index contributed by atoms with van der Waals surface area (Å²) in [5.74, 6) is -0.549. The zero-order chi connectivity index (χ0) is 15.7. The summed E-state index contributed by atoms with van der Waals surface area (Å²) >= 11 is 7.70. The zero-order valence-corrected chi connectivity index (χ0v) is 13.6. The summed E-state index contributed by atoms with van der Waals surface area (Å²) in [4.78, 5) is 15.6. The standard InChI is InChI=1S/C17H15ClFNOS/c1-11-12-8-10-22-16(12)7-9-20(11)17(21)6-5-13-14(18)3-2-4-15(13)19/h2-6,8,10-11H,7,9H2,1H3/b6-5+/t11-/m0/s1. The van der Waals surface area contributed by atoms with E-state index in [-0.39, 0.29) is 17.5 Å². The first-order chi connectivity index (χ1) is 10.6. The number of amides is 1. The van der Waals surface area contributed by atoms with Crippen molar-refractivity contribution in [3.05, 3.63) is 62.6 Å². The van der Waals surface area contributed by atoms with Crippen LogP contribution in [0.5, 0.6) is 0 Å². The fourth-order valence-corrected chi connectivity index (χ4v) is 3.92. The Labute approximate surface area is 137 Å². The molecule has 1 aromatic heterocycles. The van der Waals surface area contributed by atoms with Gasteiger partial charge < -0.3 is 4.90 Å². The number of fused-ring (bicyclic) bond motifs is 1. The summed E-state index contributed by atoms with van der Waals surface area (Å²) in [6, 6.07) is 6.60. The molecule has 2 aromatic rings. The van der Waals surface area contributed by atoms with Crippen molar-refractivity contribution in [2.45, 2.75) is 19.4 Å². The predicted octanol–water partition coefficient (Wildman–Crippen LogP) is 4.70. The van der Waals surface area contributed by atoms with Crippen LogP contribution in [-0.2, 0) is 11.2 Å². The van der Waals surface area contributed by atoms with Crippen LogP contribution in [0, 0.1) is 5.82 Å². The van der Waals surface area contributed by atoms with Crippen LogP contribution in [-0.4, -0.2) is 17.4 Å². The van der Waals surface area contributed by atoms with Gasteiger partial charge in [-0.25, -0.2) is 4.39 Å². The molecule has 5 heteroatoms. The first-order valence-electron chi connectivity index (χ1n) is 7.07. The van der Waals surface area contributed by atoms with E-state index in [9.17, 15) is 9.18 Å². The molecule has 1 aromatic carbocycles. The number of halogens is 2. The van der Waals surface area contributed by atoms with Crippen LogP contribution < -0.4 is 0 Å². The smallest absolute Gasteiger partial charge is 0.247 e. The summed E-state index contributed by atoms with van der Waals surface area (Å²) in [5.41, 5.74) is 1.46. The van der Waals surface area contributed by atoms with E-state index < -0.39 is 5.82 Å². The van der Waals surface area contributed by atoms with Gasteiger partial charge in [0.15, 0.2) is 0 Å². The van der Waals surface area contributed by atoms with E-state index >= 15 is 0 Å². The Morgan fingerprint density at radius 1 is 1.45 bits per heavy atom. The lowest BCUT2D eigenvalue weighted by atomic mass is 10.0. The van der Waals surface area contributed by atoms with Crippen molar-refractivity contribution in [3.63, 3.8) is 0 Å². The lowest BCUT2D eigenvalue weighted by molar-refractivity contribution is -0.128. The van der Waals surface area contributed by atoms with Gasteiger partial charge in [-0.15, -0.1) is 11.3 Å². The number of benzene rings is 1. The lowest BCUT2D eigenvalue weighted by Gasteiger charge is -2.32. The molecule has 1 amide bonds. The molecule has 0 fully saturated rings. The van der Waals surface area contributed by atoms with Gasteiger partial charge in [-0.3, -0.25) is 4.79 Å². The van der Waals surface area contributed by atoms with E-state index in [1.54, 1.807) is 28.4 Å². The fourth-order valence-electron chi connectivity index (χ4n) is 2.73. The molecule has 3 rings (SSSR count). The highest BCUT2D eigenvalue weighted by Gasteiger charge is 2.27. The SMILES string of the molecule is C[C@H]1c2ccsc2CCN1C(=O)/C=C/c1c(F)cccc1Cl. The second kappa shape index (κ2) is 6.23. The van der Waals surface area contributed by atoms with Crippen LogP contribution in [0.4, 0.5) is 4.39 Å². The van der Waals surface area contributed by atoms with E-state index in [4.69, 9.17) is 11.6 Å². The minimum atomic E-state index is -0.427. The molecule has 2 heterocycles. The molecule has 0 spiro atoms. The number of nitrogens with zero attached hydrogens (tertiary/aromatic N) is 1. The number of rotatable bonds is 2. The lowest BCUT2D eigenvalue weighted by Crippen LogP contribution is -2.37. The number of carbonyl (C=O) groups is 1. The maximum absolute atomic E-state index is 13.7. The van der Waals surface area contributed by atoms with E-state index in [0.717, 1.165) is 6.42 Å². The number of carbonyl (C=O) groups excluding carboxylic acids is 1. The molecule has 0 saturated carbocycles. The molecule has 0 bridgehead atoms. The second-order valence-corrected chi connectivity index (χ2v) is 6.63. The largest absolute Gasteiger partial charge is 0.332 e.